The highest BCUT2D eigenvalue weighted by molar-refractivity contribution is 5.74. The largest absolute Gasteiger partial charge is 0.368 e. The molecule has 1 atom stereocenters. The lowest BCUT2D eigenvalue weighted by Gasteiger charge is -2.24. The number of amides is 2. The first-order valence-electron chi connectivity index (χ1n) is 8.63. The van der Waals surface area contributed by atoms with E-state index in [0.717, 1.165) is 29.8 Å². The van der Waals surface area contributed by atoms with E-state index in [1.807, 2.05) is 4.68 Å². The average molecular weight is 343 g/mol. The van der Waals surface area contributed by atoms with Crippen molar-refractivity contribution in [3.63, 3.8) is 0 Å². The van der Waals surface area contributed by atoms with Crippen molar-refractivity contribution < 1.29 is 9.53 Å². The van der Waals surface area contributed by atoms with Gasteiger partial charge in [-0.05, 0) is 12.8 Å². The maximum absolute atomic E-state index is 11.9. The SMILES string of the molecule is O=C(NCC1Cn2nnc(-c3cncnc3)c2CO1)NC1CCCC1. The third kappa shape index (κ3) is 3.60. The monoisotopic (exact) mass is 343 g/mol. The van der Waals surface area contributed by atoms with E-state index < -0.39 is 0 Å². The second-order valence-electron chi connectivity index (χ2n) is 6.46. The lowest BCUT2D eigenvalue weighted by Crippen LogP contribution is -2.45. The van der Waals surface area contributed by atoms with Crippen molar-refractivity contribution in [1.29, 1.82) is 0 Å². The van der Waals surface area contributed by atoms with Gasteiger partial charge in [0, 0.05) is 30.5 Å². The summed E-state index contributed by atoms with van der Waals surface area (Å²) in [5, 5.41) is 14.3. The molecule has 1 fully saturated rings. The van der Waals surface area contributed by atoms with Gasteiger partial charge < -0.3 is 15.4 Å². The van der Waals surface area contributed by atoms with Crippen LogP contribution in [0.15, 0.2) is 18.7 Å². The first-order chi connectivity index (χ1) is 12.3. The van der Waals surface area contributed by atoms with Gasteiger partial charge in [-0.1, -0.05) is 18.1 Å². The second-order valence-corrected chi connectivity index (χ2v) is 6.46. The molecule has 0 aromatic carbocycles. The van der Waals surface area contributed by atoms with E-state index in [2.05, 4.69) is 30.9 Å². The van der Waals surface area contributed by atoms with E-state index >= 15 is 0 Å². The number of rotatable bonds is 4. The minimum atomic E-state index is -0.123. The number of hydrogen-bond acceptors (Lipinski definition) is 6. The van der Waals surface area contributed by atoms with Crippen molar-refractivity contribution >= 4 is 6.03 Å². The lowest BCUT2D eigenvalue weighted by atomic mass is 10.2. The predicted octanol–water partition coefficient (Wildman–Crippen LogP) is 0.876. The highest BCUT2D eigenvalue weighted by Gasteiger charge is 2.25. The van der Waals surface area contributed by atoms with Crippen molar-refractivity contribution in [2.75, 3.05) is 6.54 Å². The fourth-order valence-electron chi connectivity index (χ4n) is 3.35. The molecule has 0 spiro atoms. The van der Waals surface area contributed by atoms with Crippen LogP contribution in [0.1, 0.15) is 31.4 Å². The molecule has 9 nitrogen and oxygen atoms in total. The standard InChI is InChI=1S/C16H21N7O2/c24-16(20-12-3-1-2-4-12)19-7-13-8-23-14(9-25-13)15(21-22-23)11-5-17-10-18-6-11/h5-6,10,12-13H,1-4,7-9H2,(H2,19,20,24). The second kappa shape index (κ2) is 7.14. The van der Waals surface area contributed by atoms with Crippen LogP contribution in [-0.2, 0) is 17.9 Å². The van der Waals surface area contributed by atoms with Crippen LogP contribution < -0.4 is 10.6 Å². The minimum Gasteiger partial charge on any atom is -0.368 e. The van der Waals surface area contributed by atoms with Crippen molar-refractivity contribution in [1.82, 2.24) is 35.6 Å². The van der Waals surface area contributed by atoms with E-state index in [1.165, 1.54) is 19.2 Å². The van der Waals surface area contributed by atoms with Gasteiger partial charge in [0.25, 0.3) is 0 Å². The molecule has 1 unspecified atom stereocenters. The molecule has 0 bridgehead atoms. The molecule has 2 aliphatic rings. The highest BCUT2D eigenvalue weighted by Crippen LogP contribution is 2.23. The van der Waals surface area contributed by atoms with Gasteiger partial charge >= 0.3 is 6.03 Å². The molecule has 0 radical (unpaired) electrons. The predicted molar refractivity (Wildman–Crippen MR) is 88.4 cm³/mol. The molecule has 132 valence electrons. The molecule has 2 amide bonds. The Morgan fingerprint density at radius 3 is 2.88 bits per heavy atom. The normalized spacial score (nSPS) is 20.2. The highest BCUT2D eigenvalue weighted by atomic mass is 16.5. The van der Waals surface area contributed by atoms with Crippen molar-refractivity contribution in [3.8, 4) is 11.3 Å². The zero-order valence-corrected chi connectivity index (χ0v) is 13.9. The van der Waals surface area contributed by atoms with Crippen molar-refractivity contribution in [3.05, 3.63) is 24.4 Å². The topological polar surface area (TPSA) is 107 Å². The Morgan fingerprint density at radius 2 is 2.08 bits per heavy atom. The number of nitrogens with one attached hydrogen (secondary N) is 2. The summed E-state index contributed by atoms with van der Waals surface area (Å²) < 4.78 is 7.69. The van der Waals surface area contributed by atoms with Crippen LogP contribution in [0.4, 0.5) is 4.79 Å². The summed E-state index contributed by atoms with van der Waals surface area (Å²) in [4.78, 5) is 20.0. The van der Waals surface area contributed by atoms with Crippen LogP contribution in [-0.4, -0.2) is 49.7 Å². The van der Waals surface area contributed by atoms with E-state index in [-0.39, 0.29) is 12.1 Å². The Balaban J connectivity index is 1.32. The third-order valence-electron chi connectivity index (χ3n) is 4.68. The van der Waals surface area contributed by atoms with E-state index in [9.17, 15) is 4.79 Å². The number of urea groups is 1. The quantitative estimate of drug-likeness (QED) is 0.853. The van der Waals surface area contributed by atoms with Gasteiger partial charge in [0.05, 0.1) is 24.9 Å². The fraction of sp³-hybridized carbons (Fsp3) is 0.562. The zero-order valence-electron chi connectivity index (χ0n) is 13.9. The molecule has 2 aromatic heterocycles. The molecule has 1 aliphatic carbocycles. The summed E-state index contributed by atoms with van der Waals surface area (Å²) in [6.07, 6.45) is 9.31. The molecule has 2 aromatic rings. The first kappa shape index (κ1) is 15.9. The van der Waals surface area contributed by atoms with Gasteiger partial charge in [-0.2, -0.15) is 0 Å². The van der Waals surface area contributed by atoms with Gasteiger partial charge in [0.15, 0.2) is 0 Å². The fourth-order valence-corrected chi connectivity index (χ4v) is 3.35. The number of fused-ring (bicyclic) bond motifs is 1. The van der Waals surface area contributed by atoms with Crippen molar-refractivity contribution in [2.45, 2.75) is 51.0 Å². The number of nitrogens with zero attached hydrogens (tertiary/aromatic N) is 5. The molecule has 9 heteroatoms. The van der Waals surface area contributed by atoms with Crippen LogP contribution in [0.3, 0.4) is 0 Å². The molecular formula is C16H21N7O2. The number of aromatic nitrogens is 5. The smallest absolute Gasteiger partial charge is 0.315 e. The first-order valence-corrected chi connectivity index (χ1v) is 8.63. The minimum absolute atomic E-state index is 0.122. The average Bonchev–Trinajstić information content (AvgIpc) is 3.30. The number of carbonyl (C=O) groups excluding carboxylic acids is 1. The molecule has 1 aliphatic heterocycles. The third-order valence-corrected chi connectivity index (χ3v) is 4.68. The maximum atomic E-state index is 11.9. The summed E-state index contributed by atoms with van der Waals surface area (Å²) in [5.74, 6) is 0. The van der Waals surface area contributed by atoms with Crippen LogP contribution in [0, 0.1) is 0 Å². The number of carbonyl (C=O) groups is 1. The number of ether oxygens (including phenoxy) is 1. The molecular weight excluding hydrogens is 322 g/mol. The van der Waals surface area contributed by atoms with E-state index in [4.69, 9.17) is 4.74 Å². The summed E-state index contributed by atoms with van der Waals surface area (Å²) in [6.45, 7) is 1.40. The Morgan fingerprint density at radius 1 is 1.28 bits per heavy atom. The summed E-state index contributed by atoms with van der Waals surface area (Å²) in [5.41, 5.74) is 2.47. The zero-order chi connectivity index (χ0) is 17.1. The van der Waals surface area contributed by atoms with Crippen molar-refractivity contribution in [2.24, 2.45) is 0 Å². The molecule has 1 saturated carbocycles. The Hall–Kier alpha value is -2.55. The van der Waals surface area contributed by atoms with Gasteiger partial charge in [-0.3, -0.25) is 0 Å². The van der Waals surface area contributed by atoms with Gasteiger partial charge in [0.1, 0.15) is 12.0 Å². The van der Waals surface area contributed by atoms with Crippen LogP contribution in [0.25, 0.3) is 11.3 Å². The maximum Gasteiger partial charge on any atom is 0.315 e. The summed E-state index contributed by atoms with van der Waals surface area (Å²) in [6, 6.07) is 0.187. The molecule has 3 heterocycles. The van der Waals surface area contributed by atoms with Crippen LogP contribution in [0.5, 0.6) is 0 Å². The van der Waals surface area contributed by atoms with Gasteiger partial charge in [0.2, 0.25) is 0 Å². The molecule has 2 N–H and O–H groups in total. The Bertz CT molecular complexity index is 727. The lowest BCUT2D eigenvalue weighted by molar-refractivity contribution is 0.00287. The van der Waals surface area contributed by atoms with Gasteiger partial charge in [-0.25, -0.2) is 19.4 Å². The summed E-state index contributed by atoms with van der Waals surface area (Å²) in [7, 11) is 0. The van der Waals surface area contributed by atoms with Gasteiger partial charge in [-0.15, -0.1) is 5.10 Å². The molecule has 0 saturated heterocycles. The Kier molecular flexibility index (Phi) is 4.55. The van der Waals surface area contributed by atoms with E-state index in [1.54, 1.807) is 12.4 Å². The molecule has 4 rings (SSSR count). The summed E-state index contributed by atoms with van der Waals surface area (Å²) >= 11 is 0. The van der Waals surface area contributed by atoms with Crippen LogP contribution >= 0.6 is 0 Å². The Labute approximate surface area is 145 Å². The number of hydrogen-bond donors (Lipinski definition) is 2. The molecule has 25 heavy (non-hydrogen) atoms. The van der Waals surface area contributed by atoms with E-state index in [0.29, 0.717) is 25.7 Å². The van der Waals surface area contributed by atoms with Crippen LogP contribution in [0.2, 0.25) is 0 Å².